The van der Waals surface area contributed by atoms with Crippen LogP contribution >= 0.6 is 0 Å². The first kappa shape index (κ1) is 9.92. The van der Waals surface area contributed by atoms with E-state index in [4.69, 9.17) is 10.3 Å². The average Bonchev–Trinajstić information content (AvgIpc) is 2.86. The van der Waals surface area contributed by atoms with Crippen LogP contribution < -0.4 is 5.73 Å². The maximum atomic E-state index is 5.76. The van der Waals surface area contributed by atoms with Crippen molar-refractivity contribution >= 4 is 0 Å². The number of H-pyrrole nitrogens is 1. The Balaban J connectivity index is 2.25. The summed E-state index contributed by atoms with van der Waals surface area (Å²) in [6, 6.07) is 3.79. The van der Waals surface area contributed by atoms with E-state index in [0.29, 0.717) is 11.7 Å². The molecule has 0 saturated heterocycles. The van der Waals surface area contributed by atoms with Crippen LogP contribution in [0.3, 0.4) is 0 Å². The van der Waals surface area contributed by atoms with Gasteiger partial charge in [0.15, 0.2) is 0 Å². The smallest absolute Gasteiger partial charge is 0.231 e. The topological polar surface area (TPSA) is 80.7 Å². The Labute approximate surface area is 87.7 Å². The Hall–Kier alpha value is -1.62. The fraction of sp³-hybridized carbons (Fsp3) is 0.400. The maximum Gasteiger partial charge on any atom is 0.231 e. The Morgan fingerprint density at radius 2 is 2.27 bits per heavy atom. The molecule has 2 atom stereocenters. The van der Waals surface area contributed by atoms with Gasteiger partial charge in [0.05, 0.1) is 11.6 Å². The molecule has 80 valence electrons. The lowest BCUT2D eigenvalue weighted by Gasteiger charge is -2.09. The SMILES string of the molecule is CC(N)C(C)c1nc(-c2ccc[nH]2)no1. The number of nitrogens with zero attached hydrogens (tertiary/aromatic N) is 2. The lowest BCUT2D eigenvalue weighted by Crippen LogP contribution is -2.22. The third-order valence-corrected chi connectivity index (χ3v) is 2.46. The summed E-state index contributed by atoms with van der Waals surface area (Å²) in [4.78, 5) is 7.30. The van der Waals surface area contributed by atoms with E-state index in [9.17, 15) is 0 Å². The minimum atomic E-state index is 0.00180. The van der Waals surface area contributed by atoms with Gasteiger partial charge in [0.1, 0.15) is 0 Å². The van der Waals surface area contributed by atoms with Crippen molar-refractivity contribution in [3.63, 3.8) is 0 Å². The van der Waals surface area contributed by atoms with E-state index in [1.165, 1.54) is 0 Å². The maximum absolute atomic E-state index is 5.76. The van der Waals surface area contributed by atoms with Crippen LogP contribution in [0.4, 0.5) is 0 Å². The molecule has 3 N–H and O–H groups in total. The molecule has 0 aliphatic carbocycles. The first-order valence-electron chi connectivity index (χ1n) is 4.91. The number of aromatic amines is 1. The number of hydrogen-bond acceptors (Lipinski definition) is 4. The van der Waals surface area contributed by atoms with Crippen molar-refractivity contribution in [2.24, 2.45) is 5.73 Å². The number of nitrogens with one attached hydrogen (secondary N) is 1. The van der Waals surface area contributed by atoms with Crippen molar-refractivity contribution < 1.29 is 4.52 Å². The highest BCUT2D eigenvalue weighted by molar-refractivity contribution is 5.47. The van der Waals surface area contributed by atoms with Crippen molar-refractivity contribution in [1.82, 2.24) is 15.1 Å². The molecule has 0 spiro atoms. The van der Waals surface area contributed by atoms with E-state index in [1.807, 2.05) is 32.2 Å². The molecule has 2 unspecified atom stereocenters. The van der Waals surface area contributed by atoms with Gasteiger partial charge < -0.3 is 15.2 Å². The zero-order chi connectivity index (χ0) is 10.8. The summed E-state index contributed by atoms with van der Waals surface area (Å²) in [5.74, 6) is 1.22. The Kier molecular flexibility index (Phi) is 2.55. The minimum Gasteiger partial charge on any atom is -0.359 e. The average molecular weight is 206 g/mol. The lowest BCUT2D eigenvalue weighted by atomic mass is 10.1. The van der Waals surface area contributed by atoms with Gasteiger partial charge in [-0.15, -0.1) is 0 Å². The van der Waals surface area contributed by atoms with E-state index in [1.54, 1.807) is 0 Å². The summed E-state index contributed by atoms with van der Waals surface area (Å²) in [6.45, 7) is 3.89. The fourth-order valence-corrected chi connectivity index (χ4v) is 1.22. The number of aromatic nitrogens is 3. The van der Waals surface area contributed by atoms with E-state index in [-0.39, 0.29) is 12.0 Å². The predicted octanol–water partition coefficient (Wildman–Crippen LogP) is 1.52. The van der Waals surface area contributed by atoms with Gasteiger partial charge in [0.25, 0.3) is 0 Å². The van der Waals surface area contributed by atoms with Crippen molar-refractivity contribution in [3.8, 4) is 11.5 Å². The molecule has 15 heavy (non-hydrogen) atoms. The molecule has 2 aromatic rings. The molecular formula is C10H14N4O. The molecule has 0 amide bonds. The number of hydrogen-bond donors (Lipinski definition) is 2. The molecule has 2 aromatic heterocycles. The van der Waals surface area contributed by atoms with Gasteiger partial charge >= 0.3 is 0 Å². The van der Waals surface area contributed by atoms with E-state index < -0.39 is 0 Å². The number of nitrogens with two attached hydrogens (primary N) is 1. The highest BCUT2D eigenvalue weighted by Gasteiger charge is 2.18. The Morgan fingerprint density at radius 3 is 2.87 bits per heavy atom. The van der Waals surface area contributed by atoms with Crippen molar-refractivity contribution in [2.45, 2.75) is 25.8 Å². The van der Waals surface area contributed by atoms with Crippen LogP contribution in [0, 0.1) is 0 Å². The summed E-state index contributed by atoms with van der Waals surface area (Å²) in [7, 11) is 0. The quantitative estimate of drug-likeness (QED) is 0.797. The highest BCUT2D eigenvalue weighted by Crippen LogP contribution is 2.19. The van der Waals surface area contributed by atoms with Crippen molar-refractivity contribution in [1.29, 1.82) is 0 Å². The zero-order valence-corrected chi connectivity index (χ0v) is 8.77. The largest absolute Gasteiger partial charge is 0.359 e. The van der Waals surface area contributed by atoms with Crippen molar-refractivity contribution in [3.05, 3.63) is 24.2 Å². The van der Waals surface area contributed by atoms with Gasteiger partial charge in [0.2, 0.25) is 11.7 Å². The predicted molar refractivity (Wildman–Crippen MR) is 56.1 cm³/mol. The molecule has 0 aliphatic rings. The van der Waals surface area contributed by atoms with Gasteiger partial charge in [-0.25, -0.2) is 0 Å². The van der Waals surface area contributed by atoms with E-state index >= 15 is 0 Å². The van der Waals surface area contributed by atoms with Crippen LogP contribution in [0.15, 0.2) is 22.9 Å². The number of rotatable bonds is 3. The van der Waals surface area contributed by atoms with Crippen molar-refractivity contribution in [2.75, 3.05) is 0 Å². The lowest BCUT2D eigenvalue weighted by molar-refractivity contribution is 0.346. The summed E-state index contributed by atoms with van der Waals surface area (Å²) < 4.78 is 5.15. The van der Waals surface area contributed by atoms with Crippen LogP contribution in [0.1, 0.15) is 25.7 Å². The van der Waals surface area contributed by atoms with Crippen LogP contribution in [-0.2, 0) is 0 Å². The van der Waals surface area contributed by atoms with E-state index in [0.717, 1.165) is 5.69 Å². The Morgan fingerprint density at radius 1 is 1.47 bits per heavy atom. The molecule has 0 saturated carbocycles. The zero-order valence-electron chi connectivity index (χ0n) is 8.77. The van der Waals surface area contributed by atoms with Gasteiger partial charge in [-0.3, -0.25) is 0 Å². The second-order valence-corrected chi connectivity index (χ2v) is 3.69. The second kappa shape index (κ2) is 3.86. The Bertz CT molecular complexity index is 418. The molecule has 2 heterocycles. The normalized spacial score (nSPS) is 15.1. The fourth-order valence-electron chi connectivity index (χ4n) is 1.22. The third kappa shape index (κ3) is 1.92. The second-order valence-electron chi connectivity index (χ2n) is 3.69. The van der Waals surface area contributed by atoms with Crippen LogP contribution in [0.25, 0.3) is 11.5 Å². The molecule has 5 nitrogen and oxygen atoms in total. The van der Waals surface area contributed by atoms with Crippen LogP contribution in [0.5, 0.6) is 0 Å². The monoisotopic (exact) mass is 206 g/mol. The minimum absolute atomic E-state index is 0.00180. The first-order chi connectivity index (χ1) is 7.18. The molecule has 0 aromatic carbocycles. The third-order valence-electron chi connectivity index (χ3n) is 2.46. The molecule has 2 rings (SSSR count). The molecule has 5 heteroatoms. The molecule has 0 aliphatic heterocycles. The first-order valence-corrected chi connectivity index (χ1v) is 4.91. The molecule has 0 fully saturated rings. The van der Waals surface area contributed by atoms with Crippen LogP contribution in [0.2, 0.25) is 0 Å². The molecule has 0 bridgehead atoms. The van der Waals surface area contributed by atoms with Gasteiger partial charge in [-0.1, -0.05) is 12.1 Å². The summed E-state index contributed by atoms with van der Waals surface area (Å²) >= 11 is 0. The summed E-state index contributed by atoms with van der Waals surface area (Å²) in [5.41, 5.74) is 6.61. The molecular weight excluding hydrogens is 192 g/mol. The van der Waals surface area contributed by atoms with Gasteiger partial charge in [-0.2, -0.15) is 4.98 Å². The summed E-state index contributed by atoms with van der Waals surface area (Å²) in [6.07, 6.45) is 1.82. The van der Waals surface area contributed by atoms with Gasteiger partial charge in [-0.05, 0) is 19.1 Å². The van der Waals surface area contributed by atoms with Gasteiger partial charge in [0, 0.05) is 12.2 Å². The highest BCUT2D eigenvalue weighted by atomic mass is 16.5. The van der Waals surface area contributed by atoms with E-state index in [2.05, 4.69) is 15.1 Å². The molecule has 0 radical (unpaired) electrons. The summed E-state index contributed by atoms with van der Waals surface area (Å²) in [5, 5.41) is 3.89. The standard InChI is InChI=1S/C10H14N4O/c1-6(7(2)11)10-13-9(14-15-10)8-4-3-5-12-8/h3-7,12H,11H2,1-2H3. The van der Waals surface area contributed by atoms with Crippen LogP contribution in [-0.4, -0.2) is 21.2 Å².